The molecule has 0 unspecified atom stereocenters. The summed E-state index contributed by atoms with van der Waals surface area (Å²) in [5, 5.41) is 2.78. The molecule has 7 heteroatoms. The molecule has 0 aliphatic heterocycles. The zero-order chi connectivity index (χ0) is 20.3. The lowest BCUT2D eigenvalue weighted by Gasteiger charge is -2.13. The lowest BCUT2D eigenvalue weighted by Crippen LogP contribution is -2.17. The number of halogens is 1. The molecule has 0 aliphatic carbocycles. The maximum atomic E-state index is 12.9. The first-order valence-electron chi connectivity index (χ1n) is 8.52. The van der Waals surface area contributed by atoms with Crippen LogP contribution < -0.4 is 10.0 Å². The SMILES string of the molecule is Cc1cccc(NS(=O)(=O)c2cc(C(=O)Nc3ccc(I)cc3)ccc2C)c1. The van der Waals surface area contributed by atoms with E-state index < -0.39 is 10.0 Å². The lowest BCUT2D eigenvalue weighted by molar-refractivity contribution is 0.102. The summed E-state index contributed by atoms with van der Waals surface area (Å²) in [6, 6.07) is 19.1. The van der Waals surface area contributed by atoms with Crippen molar-refractivity contribution < 1.29 is 13.2 Å². The molecular formula is C21H19IN2O3S. The van der Waals surface area contributed by atoms with Crippen molar-refractivity contribution in [2.45, 2.75) is 18.7 Å². The Morgan fingerprint density at radius 2 is 1.61 bits per heavy atom. The largest absolute Gasteiger partial charge is 0.322 e. The molecule has 3 aromatic carbocycles. The molecule has 0 bridgehead atoms. The highest BCUT2D eigenvalue weighted by molar-refractivity contribution is 14.1. The topological polar surface area (TPSA) is 75.3 Å². The fourth-order valence-corrected chi connectivity index (χ4v) is 4.37. The average Bonchev–Trinajstić information content (AvgIpc) is 2.63. The van der Waals surface area contributed by atoms with Gasteiger partial charge in [-0.05, 0) is 96.1 Å². The van der Waals surface area contributed by atoms with E-state index in [9.17, 15) is 13.2 Å². The van der Waals surface area contributed by atoms with Gasteiger partial charge in [-0.25, -0.2) is 8.42 Å². The average molecular weight is 506 g/mol. The summed E-state index contributed by atoms with van der Waals surface area (Å²) in [7, 11) is -3.83. The van der Waals surface area contributed by atoms with Crippen LogP contribution in [0.1, 0.15) is 21.5 Å². The van der Waals surface area contributed by atoms with Gasteiger partial charge in [0.25, 0.3) is 15.9 Å². The van der Waals surface area contributed by atoms with Crippen LogP contribution in [0, 0.1) is 17.4 Å². The minimum Gasteiger partial charge on any atom is -0.322 e. The van der Waals surface area contributed by atoms with Crippen molar-refractivity contribution in [3.63, 3.8) is 0 Å². The van der Waals surface area contributed by atoms with Gasteiger partial charge in [-0.15, -0.1) is 0 Å². The zero-order valence-corrected chi connectivity index (χ0v) is 18.3. The van der Waals surface area contributed by atoms with Gasteiger partial charge in [-0.2, -0.15) is 0 Å². The third kappa shape index (κ3) is 4.90. The van der Waals surface area contributed by atoms with Gasteiger partial charge < -0.3 is 5.32 Å². The van der Waals surface area contributed by atoms with E-state index in [0.717, 1.165) is 9.13 Å². The first-order chi connectivity index (χ1) is 13.2. The number of carbonyl (C=O) groups excluding carboxylic acids is 1. The molecule has 0 aliphatic rings. The molecule has 0 radical (unpaired) electrons. The van der Waals surface area contributed by atoms with Crippen LogP contribution in [0.4, 0.5) is 11.4 Å². The predicted octanol–water partition coefficient (Wildman–Crippen LogP) is 4.96. The van der Waals surface area contributed by atoms with E-state index in [4.69, 9.17) is 0 Å². The number of aryl methyl sites for hydroxylation is 2. The second-order valence-electron chi connectivity index (χ2n) is 6.42. The van der Waals surface area contributed by atoms with Crippen molar-refractivity contribution in [2.75, 3.05) is 10.0 Å². The van der Waals surface area contributed by atoms with Gasteiger partial charge in [-0.3, -0.25) is 9.52 Å². The monoisotopic (exact) mass is 506 g/mol. The van der Waals surface area contributed by atoms with Crippen molar-refractivity contribution in [1.82, 2.24) is 0 Å². The molecule has 3 aromatic rings. The summed E-state index contributed by atoms with van der Waals surface area (Å²) in [6.45, 7) is 3.59. The second kappa shape index (κ2) is 8.32. The maximum absolute atomic E-state index is 12.9. The number of benzene rings is 3. The van der Waals surface area contributed by atoms with Gasteiger partial charge in [0, 0.05) is 20.5 Å². The van der Waals surface area contributed by atoms with Crippen LogP contribution in [0.2, 0.25) is 0 Å². The minimum atomic E-state index is -3.83. The highest BCUT2D eigenvalue weighted by Gasteiger charge is 2.19. The Hall–Kier alpha value is -2.39. The first kappa shape index (κ1) is 20.3. The third-order valence-corrected chi connectivity index (χ3v) is 6.35. The molecular weight excluding hydrogens is 487 g/mol. The predicted molar refractivity (Wildman–Crippen MR) is 120 cm³/mol. The second-order valence-corrected chi connectivity index (χ2v) is 9.31. The number of nitrogens with one attached hydrogen (secondary N) is 2. The molecule has 3 rings (SSSR count). The summed E-state index contributed by atoms with van der Waals surface area (Å²) in [4.78, 5) is 12.6. The van der Waals surface area contributed by atoms with Crippen LogP contribution in [0.3, 0.4) is 0 Å². The van der Waals surface area contributed by atoms with Crippen LogP contribution in [0.25, 0.3) is 0 Å². The van der Waals surface area contributed by atoms with Crippen molar-refractivity contribution in [3.8, 4) is 0 Å². The molecule has 5 nitrogen and oxygen atoms in total. The zero-order valence-electron chi connectivity index (χ0n) is 15.4. The molecule has 1 amide bonds. The molecule has 0 saturated heterocycles. The standard InChI is InChI=1S/C21H19IN2O3S/c1-14-4-3-5-19(12-14)24-28(26,27)20-13-16(7-6-15(20)2)21(25)23-18-10-8-17(22)9-11-18/h3-13,24H,1-2H3,(H,23,25). The number of hydrogen-bond donors (Lipinski definition) is 2. The molecule has 0 atom stereocenters. The molecule has 0 saturated carbocycles. The molecule has 0 spiro atoms. The van der Waals surface area contributed by atoms with Gasteiger partial charge >= 0.3 is 0 Å². The van der Waals surface area contributed by atoms with Crippen LogP contribution >= 0.6 is 22.6 Å². The normalized spacial score (nSPS) is 11.1. The van der Waals surface area contributed by atoms with E-state index in [1.165, 1.54) is 6.07 Å². The molecule has 0 heterocycles. The van der Waals surface area contributed by atoms with Gasteiger partial charge in [-0.1, -0.05) is 18.2 Å². The number of hydrogen-bond acceptors (Lipinski definition) is 3. The van der Waals surface area contributed by atoms with Crippen molar-refractivity contribution in [2.24, 2.45) is 0 Å². The van der Waals surface area contributed by atoms with E-state index >= 15 is 0 Å². The Morgan fingerprint density at radius 1 is 0.893 bits per heavy atom. The summed E-state index contributed by atoms with van der Waals surface area (Å²) in [5.41, 5.74) is 2.91. The van der Waals surface area contributed by atoms with E-state index in [1.54, 1.807) is 49.4 Å². The van der Waals surface area contributed by atoms with E-state index in [-0.39, 0.29) is 16.4 Å². The Kier molecular flexibility index (Phi) is 6.04. The summed E-state index contributed by atoms with van der Waals surface area (Å²) in [6.07, 6.45) is 0. The van der Waals surface area contributed by atoms with Crippen LogP contribution in [-0.2, 0) is 10.0 Å². The molecule has 144 valence electrons. The van der Waals surface area contributed by atoms with Crippen LogP contribution in [0.5, 0.6) is 0 Å². The minimum absolute atomic E-state index is 0.0734. The molecule has 2 N–H and O–H groups in total. The van der Waals surface area contributed by atoms with Crippen molar-refractivity contribution in [1.29, 1.82) is 0 Å². The van der Waals surface area contributed by atoms with E-state index in [2.05, 4.69) is 32.6 Å². The molecule has 0 fully saturated rings. The Morgan fingerprint density at radius 3 is 2.29 bits per heavy atom. The summed E-state index contributed by atoms with van der Waals surface area (Å²) >= 11 is 2.18. The van der Waals surface area contributed by atoms with E-state index in [0.29, 0.717) is 16.9 Å². The first-order valence-corrected chi connectivity index (χ1v) is 11.1. The Labute approximate surface area is 178 Å². The lowest BCUT2D eigenvalue weighted by atomic mass is 10.1. The van der Waals surface area contributed by atoms with Gasteiger partial charge in [0.2, 0.25) is 0 Å². The number of carbonyl (C=O) groups is 1. The quantitative estimate of drug-likeness (QED) is 0.481. The highest BCUT2D eigenvalue weighted by atomic mass is 127. The number of rotatable bonds is 5. The number of amides is 1. The molecule has 0 aromatic heterocycles. The summed E-state index contributed by atoms with van der Waals surface area (Å²) in [5.74, 6) is -0.367. The smallest absolute Gasteiger partial charge is 0.262 e. The van der Waals surface area contributed by atoms with E-state index in [1.807, 2.05) is 25.1 Å². The fourth-order valence-electron chi connectivity index (χ4n) is 2.69. The summed E-state index contributed by atoms with van der Waals surface area (Å²) < 4.78 is 29.4. The molecule has 28 heavy (non-hydrogen) atoms. The Bertz CT molecular complexity index is 1130. The van der Waals surface area contributed by atoms with Crippen molar-refractivity contribution in [3.05, 3.63) is 87.0 Å². The van der Waals surface area contributed by atoms with Gasteiger partial charge in [0.1, 0.15) is 0 Å². The van der Waals surface area contributed by atoms with Crippen LogP contribution in [0.15, 0.2) is 71.6 Å². The maximum Gasteiger partial charge on any atom is 0.262 e. The third-order valence-electron chi connectivity index (χ3n) is 4.11. The van der Waals surface area contributed by atoms with Crippen molar-refractivity contribution >= 4 is 49.9 Å². The fraction of sp³-hybridized carbons (Fsp3) is 0.0952. The Balaban J connectivity index is 1.87. The number of sulfonamides is 1. The van der Waals surface area contributed by atoms with Gasteiger partial charge in [0.15, 0.2) is 0 Å². The highest BCUT2D eigenvalue weighted by Crippen LogP contribution is 2.22. The van der Waals surface area contributed by atoms with Gasteiger partial charge in [0.05, 0.1) is 4.90 Å². The van der Waals surface area contributed by atoms with Crippen LogP contribution in [-0.4, -0.2) is 14.3 Å². The number of anilines is 2.